The summed E-state index contributed by atoms with van der Waals surface area (Å²) in [4.78, 5) is 6.61. The maximum atomic E-state index is 5.46. The molecule has 0 unspecified atom stereocenters. The molecule has 0 saturated carbocycles. The molecule has 2 aromatic carbocycles. The van der Waals surface area contributed by atoms with Crippen LogP contribution in [-0.2, 0) is 26.2 Å². The fraction of sp³-hybridized carbons (Fsp3) is 0.292. The first-order valence-electron chi connectivity index (χ1n) is 9.92. The van der Waals surface area contributed by atoms with E-state index in [4.69, 9.17) is 4.42 Å². The van der Waals surface area contributed by atoms with Gasteiger partial charge in [-0.1, -0.05) is 48.5 Å². The number of benzene rings is 2. The summed E-state index contributed by atoms with van der Waals surface area (Å²) in [6, 6.07) is 20.8. The molecule has 160 valence electrons. The minimum absolute atomic E-state index is 0. The lowest BCUT2D eigenvalue weighted by molar-refractivity contribution is 0.287. The zero-order valence-electron chi connectivity index (χ0n) is 17.9. The van der Waals surface area contributed by atoms with Crippen LogP contribution < -0.4 is 10.6 Å². The monoisotopic (exact) mass is 518 g/mol. The van der Waals surface area contributed by atoms with E-state index < -0.39 is 0 Å². The molecule has 0 spiro atoms. The molecule has 30 heavy (non-hydrogen) atoms. The van der Waals surface area contributed by atoms with Crippen molar-refractivity contribution in [2.45, 2.75) is 33.1 Å². The highest BCUT2D eigenvalue weighted by Crippen LogP contribution is 2.13. The van der Waals surface area contributed by atoms with Gasteiger partial charge in [0.1, 0.15) is 5.76 Å². The number of aryl methyl sites for hydroxylation is 1. The molecule has 0 radical (unpaired) electrons. The van der Waals surface area contributed by atoms with Crippen LogP contribution in [0, 0.1) is 6.92 Å². The summed E-state index contributed by atoms with van der Waals surface area (Å²) in [5.74, 6) is 1.77. The van der Waals surface area contributed by atoms with Crippen LogP contribution in [0.15, 0.2) is 76.3 Å². The number of nitrogens with zero attached hydrogens (tertiary/aromatic N) is 2. The molecule has 0 atom stereocenters. The minimum atomic E-state index is 0. The quantitative estimate of drug-likeness (QED) is 0.258. The lowest BCUT2D eigenvalue weighted by atomic mass is 10.1. The van der Waals surface area contributed by atoms with Crippen LogP contribution in [0.1, 0.15) is 28.0 Å². The van der Waals surface area contributed by atoms with Gasteiger partial charge >= 0.3 is 0 Å². The van der Waals surface area contributed by atoms with Gasteiger partial charge in [-0.05, 0) is 48.4 Å². The predicted molar refractivity (Wildman–Crippen MR) is 134 cm³/mol. The molecule has 3 aromatic rings. The van der Waals surface area contributed by atoms with E-state index in [1.807, 2.05) is 12.1 Å². The van der Waals surface area contributed by atoms with Gasteiger partial charge in [0.15, 0.2) is 5.96 Å². The van der Waals surface area contributed by atoms with E-state index in [0.717, 1.165) is 37.9 Å². The Morgan fingerprint density at radius 2 is 1.50 bits per heavy atom. The maximum Gasteiger partial charge on any atom is 0.191 e. The van der Waals surface area contributed by atoms with E-state index in [2.05, 4.69) is 83.0 Å². The molecule has 2 N–H and O–H groups in total. The van der Waals surface area contributed by atoms with Crippen molar-refractivity contribution in [3.8, 4) is 0 Å². The Morgan fingerprint density at radius 3 is 2.13 bits per heavy atom. The van der Waals surface area contributed by atoms with Gasteiger partial charge in [-0.25, -0.2) is 0 Å². The molecule has 0 amide bonds. The molecule has 5 nitrogen and oxygen atoms in total. The van der Waals surface area contributed by atoms with Crippen LogP contribution >= 0.6 is 24.0 Å². The van der Waals surface area contributed by atoms with Crippen molar-refractivity contribution in [3.63, 3.8) is 0 Å². The standard InChI is InChI=1S/C24H30N4O.HI/c1-19-9-4-5-10-20(19)15-26-24(25-2)27-16-21-11-6-7-12-22(21)17-28(3)18-23-13-8-14-29-23;/h4-14H,15-18H2,1-3H3,(H2,25,26,27);1H. The first-order chi connectivity index (χ1) is 14.2. The second-order valence-corrected chi connectivity index (χ2v) is 7.23. The van der Waals surface area contributed by atoms with Crippen LogP contribution in [0.4, 0.5) is 0 Å². The zero-order valence-corrected chi connectivity index (χ0v) is 20.2. The fourth-order valence-corrected chi connectivity index (χ4v) is 3.29. The second-order valence-electron chi connectivity index (χ2n) is 7.23. The molecule has 0 fully saturated rings. The third kappa shape index (κ3) is 7.18. The summed E-state index contributed by atoms with van der Waals surface area (Å²) in [6.07, 6.45) is 1.72. The topological polar surface area (TPSA) is 52.8 Å². The van der Waals surface area contributed by atoms with Gasteiger partial charge < -0.3 is 15.1 Å². The van der Waals surface area contributed by atoms with Gasteiger partial charge in [0.05, 0.1) is 12.8 Å². The van der Waals surface area contributed by atoms with Gasteiger partial charge in [0.2, 0.25) is 0 Å². The lowest BCUT2D eigenvalue weighted by Gasteiger charge is -2.19. The third-order valence-electron chi connectivity index (χ3n) is 4.94. The summed E-state index contributed by atoms with van der Waals surface area (Å²) >= 11 is 0. The van der Waals surface area contributed by atoms with Crippen molar-refractivity contribution in [1.82, 2.24) is 15.5 Å². The SMILES string of the molecule is CN=C(NCc1ccccc1C)NCc1ccccc1CN(C)Cc1ccco1.I. The normalized spacial score (nSPS) is 11.3. The number of halogens is 1. The largest absolute Gasteiger partial charge is 0.468 e. The molecule has 3 rings (SSSR count). The zero-order chi connectivity index (χ0) is 20.5. The molecular weight excluding hydrogens is 487 g/mol. The summed E-state index contributed by atoms with van der Waals surface area (Å²) in [5.41, 5.74) is 5.11. The minimum Gasteiger partial charge on any atom is -0.468 e. The highest BCUT2D eigenvalue weighted by atomic mass is 127. The molecule has 0 aliphatic rings. The highest BCUT2D eigenvalue weighted by molar-refractivity contribution is 14.0. The Balaban J connectivity index is 0.00000320. The number of furan rings is 1. The van der Waals surface area contributed by atoms with E-state index in [0.29, 0.717) is 0 Å². The van der Waals surface area contributed by atoms with E-state index in [9.17, 15) is 0 Å². The van der Waals surface area contributed by atoms with Crippen molar-refractivity contribution in [2.24, 2.45) is 4.99 Å². The Labute approximate surface area is 196 Å². The van der Waals surface area contributed by atoms with E-state index >= 15 is 0 Å². The van der Waals surface area contributed by atoms with Crippen molar-refractivity contribution < 1.29 is 4.42 Å². The Morgan fingerprint density at radius 1 is 0.867 bits per heavy atom. The first kappa shape index (κ1) is 24.0. The van der Waals surface area contributed by atoms with Gasteiger partial charge in [-0.2, -0.15) is 0 Å². The van der Waals surface area contributed by atoms with Crippen LogP contribution in [-0.4, -0.2) is 25.0 Å². The average Bonchev–Trinajstić information content (AvgIpc) is 3.23. The van der Waals surface area contributed by atoms with Crippen LogP contribution in [0.5, 0.6) is 0 Å². The van der Waals surface area contributed by atoms with Gasteiger partial charge in [-0.3, -0.25) is 9.89 Å². The number of hydrogen-bond donors (Lipinski definition) is 2. The summed E-state index contributed by atoms with van der Waals surface area (Å²) in [6.45, 7) is 5.24. The first-order valence-corrected chi connectivity index (χ1v) is 9.92. The molecule has 0 aliphatic carbocycles. The van der Waals surface area contributed by atoms with Crippen LogP contribution in [0.25, 0.3) is 0 Å². The van der Waals surface area contributed by atoms with Crippen molar-refractivity contribution >= 4 is 29.9 Å². The summed E-state index contributed by atoms with van der Waals surface area (Å²) in [7, 11) is 3.91. The molecule has 1 heterocycles. The van der Waals surface area contributed by atoms with Crippen LogP contribution in [0.2, 0.25) is 0 Å². The average molecular weight is 518 g/mol. The maximum absolute atomic E-state index is 5.46. The predicted octanol–water partition coefficient (Wildman–Crippen LogP) is 4.70. The van der Waals surface area contributed by atoms with E-state index in [-0.39, 0.29) is 24.0 Å². The Kier molecular flexibility index (Phi) is 9.89. The number of hydrogen-bond acceptors (Lipinski definition) is 3. The second kappa shape index (κ2) is 12.4. The van der Waals surface area contributed by atoms with Gasteiger partial charge in [0.25, 0.3) is 0 Å². The number of rotatable bonds is 8. The number of guanidine groups is 1. The molecule has 0 bridgehead atoms. The Hall–Kier alpha value is -2.32. The fourth-order valence-electron chi connectivity index (χ4n) is 3.29. The van der Waals surface area contributed by atoms with Crippen molar-refractivity contribution in [3.05, 3.63) is 94.9 Å². The van der Waals surface area contributed by atoms with Gasteiger partial charge in [-0.15, -0.1) is 24.0 Å². The number of aliphatic imine (C=N–C) groups is 1. The highest BCUT2D eigenvalue weighted by Gasteiger charge is 2.08. The summed E-state index contributed by atoms with van der Waals surface area (Å²) in [5, 5.41) is 6.84. The molecule has 6 heteroatoms. The molecule has 1 aromatic heterocycles. The summed E-state index contributed by atoms with van der Waals surface area (Å²) < 4.78 is 5.46. The van der Waals surface area contributed by atoms with Gasteiger partial charge in [0, 0.05) is 26.7 Å². The Bertz CT molecular complexity index is 924. The van der Waals surface area contributed by atoms with Crippen molar-refractivity contribution in [2.75, 3.05) is 14.1 Å². The lowest BCUT2D eigenvalue weighted by Crippen LogP contribution is -2.36. The number of nitrogens with one attached hydrogen (secondary N) is 2. The molecular formula is C24H31IN4O. The third-order valence-corrected chi connectivity index (χ3v) is 4.94. The molecule has 0 saturated heterocycles. The van der Waals surface area contributed by atoms with Crippen LogP contribution in [0.3, 0.4) is 0 Å². The smallest absolute Gasteiger partial charge is 0.191 e. The van der Waals surface area contributed by atoms with E-state index in [1.165, 1.54) is 22.3 Å². The van der Waals surface area contributed by atoms with E-state index in [1.54, 1.807) is 13.3 Å². The van der Waals surface area contributed by atoms with Crippen molar-refractivity contribution in [1.29, 1.82) is 0 Å². The molecule has 0 aliphatic heterocycles.